The zero-order valence-corrected chi connectivity index (χ0v) is 11.7. The summed E-state index contributed by atoms with van der Waals surface area (Å²) in [5.41, 5.74) is 0.150. The van der Waals surface area contributed by atoms with Crippen molar-refractivity contribution in [1.29, 1.82) is 0 Å². The van der Waals surface area contributed by atoms with Gasteiger partial charge in [-0.1, -0.05) is 24.6 Å². The highest BCUT2D eigenvalue weighted by atomic mass is 16.5. The van der Waals surface area contributed by atoms with Gasteiger partial charge in [0.25, 0.3) is 0 Å². The summed E-state index contributed by atoms with van der Waals surface area (Å²) in [5, 5.41) is 8.98. The van der Waals surface area contributed by atoms with Gasteiger partial charge in [0.1, 0.15) is 11.5 Å². The lowest BCUT2D eigenvalue weighted by molar-refractivity contribution is -0.138. The van der Waals surface area contributed by atoms with Crippen molar-refractivity contribution < 1.29 is 19.4 Å². The molecule has 4 heteroatoms. The number of carbonyl (C=O) groups excluding carboxylic acids is 1. The maximum Gasteiger partial charge on any atom is 0.303 e. The third-order valence-electron chi connectivity index (χ3n) is 4.18. The number of para-hydroxylation sites is 1. The highest BCUT2D eigenvalue weighted by molar-refractivity contribution is 5.92. The van der Waals surface area contributed by atoms with Crippen molar-refractivity contribution in [2.75, 3.05) is 7.11 Å². The fourth-order valence-electron chi connectivity index (χ4n) is 3.14. The van der Waals surface area contributed by atoms with Gasteiger partial charge in [-0.05, 0) is 25.3 Å². The molecule has 0 aromatic heterocycles. The second-order valence-corrected chi connectivity index (χ2v) is 5.31. The quantitative estimate of drug-likeness (QED) is 0.898. The molecule has 0 heterocycles. The fraction of sp³-hybridized carbons (Fsp3) is 0.500. The second kappa shape index (κ2) is 6.07. The average Bonchev–Trinajstić information content (AvgIpc) is 2.46. The number of ketones is 1. The SMILES string of the molecule is COc1ccccc1C1(CCC(=O)O)CCCCC1=O. The molecule has 1 fully saturated rings. The molecule has 0 spiro atoms. The minimum absolute atomic E-state index is 0.00376. The van der Waals surface area contributed by atoms with Gasteiger partial charge in [0.15, 0.2) is 0 Å². The molecule has 1 N–H and O–H groups in total. The Morgan fingerprint density at radius 2 is 2.10 bits per heavy atom. The highest BCUT2D eigenvalue weighted by Gasteiger charge is 2.43. The van der Waals surface area contributed by atoms with E-state index in [9.17, 15) is 9.59 Å². The molecule has 1 aliphatic carbocycles. The molecule has 0 aliphatic heterocycles. The van der Waals surface area contributed by atoms with Crippen LogP contribution in [-0.2, 0) is 15.0 Å². The molecular weight excluding hydrogens is 256 g/mol. The summed E-state index contributed by atoms with van der Waals surface area (Å²) in [6.45, 7) is 0. The lowest BCUT2D eigenvalue weighted by atomic mass is 9.65. The number of hydrogen-bond acceptors (Lipinski definition) is 3. The van der Waals surface area contributed by atoms with Gasteiger partial charge < -0.3 is 9.84 Å². The van der Waals surface area contributed by atoms with E-state index in [1.165, 1.54) is 0 Å². The van der Waals surface area contributed by atoms with Crippen LogP contribution in [0.1, 0.15) is 44.1 Å². The van der Waals surface area contributed by atoms with Crippen LogP contribution in [0, 0.1) is 0 Å². The van der Waals surface area contributed by atoms with E-state index in [1.54, 1.807) is 7.11 Å². The smallest absolute Gasteiger partial charge is 0.303 e. The van der Waals surface area contributed by atoms with Crippen molar-refractivity contribution >= 4 is 11.8 Å². The Balaban J connectivity index is 2.44. The zero-order valence-electron chi connectivity index (χ0n) is 11.7. The Bertz CT molecular complexity index is 509. The molecule has 20 heavy (non-hydrogen) atoms. The Morgan fingerprint density at radius 3 is 2.75 bits per heavy atom. The number of ether oxygens (including phenoxy) is 1. The number of methoxy groups -OCH3 is 1. The van der Waals surface area contributed by atoms with Crippen LogP contribution in [0.5, 0.6) is 5.75 Å². The van der Waals surface area contributed by atoms with Crippen molar-refractivity contribution in [3.8, 4) is 5.75 Å². The number of carbonyl (C=O) groups is 2. The number of benzene rings is 1. The van der Waals surface area contributed by atoms with Gasteiger partial charge in [0.05, 0.1) is 12.5 Å². The van der Waals surface area contributed by atoms with E-state index in [4.69, 9.17) is 9.84 Å². The monoisotopic (exact) mass is 276 g/mol. The van der Waals surface area contributed by atoms with Gasteiger partial charge in [0.2, 0.25) is 0 Å². The maximum absolute atomic E-state index is 12.5. The average molecular weight is 276 g/mol. The highest BCUT2D eigenvalue weighted by Crippen LogP contribution is 2.44. The van der Waals surface area contributed by atoms with Crippen molar-refractivity contribution in [3.63, 3.8) is 0 Å². The van der Waals surface area contributed by atoms with Crippen LogP contribution in [0.4, 0.5) is 0 Å². The van der Waals surface area contributed by atoms with E-state index in [0.717, 1.165) is 18.4 Å². The number of carboxylic acid groups (broad SMARTS) is 1. The van der Waals surface area contributed by atoms with Crippen LogP contribution in [-0.4, -0.2) is 24.0 Å². The summed E-state index contributed by atoms with van der Waals surface area (Å²) in [5.74, 6) is -0.0414. The molecule has 4 nitrogen and oxygen atoms in total. The summed E-state index contributed by atoms with van der Waals surface area (Å²) in [4.78, 5) is 23.5. The molecule has 1 aromatic carbocycles. The lowest BCUT2D eigenvalue weighted by Crippen LogP contribution is -2.39. The molecule has 2 rings (SSSR count). The normalized spacial score (nSPS) is 22.6. The first-order valence-electron chi connectivity index (χ1n) is 6.99. The summed E-state index contributed by atoms with van der Waals surface area (Å²) in [7, 11) is 1.58. The molecule has 1 aliphatic rings. The largest absolute Gasteiger partial charge is 0.496 e. The minimum atomic E-state index is -0.863. The number of carboxylic acids is 1. The Labute approximate surface area is 118 Å². The molecule has 0 amide bonds. The second-order valence-electron chi connectivity index (χ2n) is 5.31. The van der Waals surface area contributed by atoms with Crippen LogP contribution < -0.4 is 4.74 Å². The molecule has 1 saturated carbocycles. The van der Waals surface area contributed by atoms with Gasteiger partial charge in [-0.15, -0.1) is 0 Å². The van der Waals surface area contributed by atoms with E-state index in [2.05, 4.69) is 0 Å². The molecule has 0 radical (unpaired) electrons. The first-order valence-corrected chi connectivity index (χ1v) is 6.99. The number of rotatable bonds is 5. The summed E-state index contributed by atoms with van der Waals surface area (Å²) >= 11 is 0. The molecule has 0 bridgehead atoms. The zero-order chi connectivity index (χ0) is 14.6. The maximum atomic E-state index is 12.5. The van der Waals surface area contributed by atoms with Crippen molar-refractivity contribution in [3.05, 3.63) is 29.8 Å². The van der Waals surface area contributed by atoms with Gasteiger partial charge in [-0.3, -0.25) is 9.59 Å². The summed E-state index contributed by atoms with van der Waals surface area (Å²) < 4.78 is 5.38. The molecular formula is C16H20O4. The van der Waals surface area contributed by atoms with Gasteiger partial charge in [0, 0.05) is 18.4 Å². The standard InChI is InChI=1S/C16H20O4/c1-20-13-7-3-2-6-12(13)16(11-9-15(18)19)10-5-4-8-14(16)17/h2-3,6-7H,4-5,8-11H2,1H3,(H,18,19). The molecule has 1 aromatic rings. The van der Waals surface area contributed by atoms with Crippen molar-refractivity contribution in [2.45, 2.75) is 43.9 Å². The van der Waals surface area contributed by atoms with Crippen molar-refractivity contribution in [1.82, 2.24) is 0 Å². The van der Waals surface area contributed by atoms with E-state index >= 15 is 0 Å². The van der Waals surface area contributed by atoms with Gasteiger partial charge in [-0.25, -0.2) is 0 Å². The first-order chi connectivity index (χ1) is 9.60. The van der Waals surface area contributed by atoms with E-state index in [0.29, 0.717) is 25.0 Å². The lowest BCUT2D eigenvalue weighted by Gasteiger charge is -2.36. The van der Waals surface area contributed by atoms with Crippen molar-refractivity contribution in [2.24, 2.45) is 0 Å². The first kappa shape index (κ1) is 14.6. The third-order valence-corrected chi connectivity index (χ3v) is 4.18. The number of hydrogen-bond donors (Lipinski definition) is 1. The molecule has 1 atom stereocenters. The molecule has 1 unspecified atom stereocenters. The van der Waals surface area contributed by atoms with E-state index in [1.807, 2.05) is 24.3 Å². The van der Waals surface area contributed by atoms with Gasteiger partial charge in [-0.2, -0.15) is 0 Å². The van der Waals surface area contributed by atoms with Crippen LogP contribution in [0.2, 0.25) is 0 Å². The predicted octanol–water partition coefficient (Wildman–Crippen LogP) is 2.94. The topological polar surface area (TPSA) is 63.6 Å². The van der Waals surface area contributed by atoms with Crippen LogP contribution in [0.15, 0.2) is 24.3 Å². The Hall–Kier alpha value is -1.84. The number of Topliss-reactive ketones (excluding diaryl/α,β-unsaturated/α-hetero) is 1. The van der Waals surface area contributed by atoms with Crippen LogP contribution in [0.3, 0.4) is 0 Å². The fourth-order valence-corrected chi connectivity index (χ4v) is 3.14. The Kier molecular flexibility index (Phi) is 4.42. The van der Waals surface area contributed by atoms with Gasteiger partial charge >= 0.3 is 5.97 Å². The van der Waals surface area contributed by atoms with Crippen LogP contribution >= 0.6 is 0 Å². The molecule has 108 valence electrons. The summed E-state index contributed by atoms with van der Waals surface area (Å²) in [6, 6.07) is 7.46. The molecule has 0 saturated heterocycles. The van der Waals surface area contributed by atoms with E-state index in [-0.39, 0.29) is 12.2 Å². The number of aliphatic carboxylic acids is 1. The van der Waals surface area contributed by atoms with Crippen LogP contribution in [0.25, 0.3) is 0 Å². The predicted molar refractivity (Wildman–Crippen MR) is 75.0 cm³/mol. The minimum Gasteiger partial charge on any atom is -0.496 e. The Morgan fingerprint density at radius 1 is 1.35 bits per heavy atom. The van der Waals surface area contributed by atoms with E-state index < -0.39 is 11.4 Å². The third kappa shape index (κ3) is 2.69. The summed E-state index contributed by atoms with van der Waals surface area (Å²) in [6.07, 6.45) is 3.43.